The molecule has 0 bridgehead atoms. The van der Waals surface area contributed by atoms with Crippen LogP contribution in [0.2, 0.25) is 0 Å². The van der Waals surface area contributed by atoms with Crippen LogP contribution in [-0.4, -0.2) is 44.8 Å². The van der Waals surface area contributed by atoms with Crippen LogP contribution in [0.15, 0.2) is 0 Å². The van der Waals surface area contributed by atoms with Gasteiger partial charge in [0.15, 0.2) is 0 Å². The third-order valence-electron chi connectivity index (χ3n) is 3.39. The Kier molecular flexibility index (Phi) is 2.94. The molecule has 1 saturated heterocycles. The Labute approximate surface area is 93.2 Å². The van der Waals surface area contributed by atoms with Gasteiger partial charge < -0.3 is 5.32 Å². The summed E-state index contributed by atoms with van der Waals surface area (Å²) in [5.41, 5.74) is 0.135. The van der Waals surface area contributed by atoms with Crippen LogP contribution in [-0.2, 0) is 10.2 Å². The highest BCUT2D eigenvalue weighted by atomic mass is 32.2. The van der Waals surface area contributed by atoms with E-state index in [-0.39, 0.29) is 11.5 Å². The molecule has 0 unspecified atom stereocenters. The minimum absolute atomic E-state index is 0.135. The number of rotatable bonds is 4. The summed E-state index contributed by atoms with van der Waals surface area (Å²) in [4.78, 5) is 0. The lowest BCUT2D eigenvalue weighted by molar-refractivity contribution is -0.0203. The topological polar surface area (TPSA) is 75.4 Å². The van der Waals surface area contributed by atoms with Crippen LogP contribution in [0, 0.1) is 5.41 Å². The summed E-state index contributed by atoms with van der Waals surface area (Å²) in [6.45, 7) is 0.889. The Hall–Kier alpha value is -0.310. The second kappa shape index (κ2) is 3.86. The SMILES string of the molecule is NS(=O)(=O)N(CC(F)F)C1CC2(CNC2)C1. The van der Waals surface area contributed by atoms with Crippen LogP contribution in [0.25, 0.3) is 0 Å². The van der Waals surface area contributed by atoms with Gasteiger partial charge in [0.25, 0.3) is 16.6 Å². The Balaban J connectivity index is 1.98. The van der Waals surface area contributed by atoms with Gasteiger partial charge in [0.2, 0.25) is 0 Å². The van der Waals surface area contributed by atoms with E-state index in [4.69, 9.17) is 5.14 Å². The van der Waals surface area contributed by atoms with E-state index in [1.807, 2.05) is 0 Å². The summed E-state index contributed by atoms with van der Waals surface area (Å²) in [6, 6.07) is -0.355. The predicted octanol–water partition coefficient (Wildman–Crippen LogP) is -0.491. The maximum Gasteiger partial charge on any atom is 0.277 e. The molecule has 2 aliphatic rings. The molecule has 1 aliphatic carbocycles. The largest absolute Gasteiger partial charge is 0.316 e. The lowest BCUT2D eigenvalue weighted by Gasteiger charge is -2.56. The van der Waals surface area contributed by atoms with E-state index < -0.39 is 23.2 Å². The highest BCUT2D eigenvalue weighted by Gasteiger charge is 2.52. The van der Waals surface area contributed by atoms with E-state index >= 15 is 0 Å². The van der Waals surface area contributed by atoms with Crippen molar-refractivity contribution in [3.63, 3.8) is 0 Å². The maximum atomic E-state index is 12.3. The van der Waals surface area contributed by atoms with Gasteiger partial charge >= 0.3 is 0 Å². The van der Waals surface area contributed by atoms with Crippen LogP contribution >= 0.6 is 0 Å². The molecule has 0 atom stereocenters. The van der Waals surface area contributed by atoms with Gasteiger partial charge in [-0.05, 0) is 18.3 Å². The molecule has 94 valence electrons. The molecule has 1 saturated carbocycles. The molecular formula is C8H15F2N3O2S. The summed E-state index contributed by atoms with van der Waals surface area (Å²) >= 11 is 0. The minimum Gasteiger partial charge on any atom is -0.316 e. The number of hydrogen-bond acceptors (Lipinski definition) is 3. The van der Waals surface area contributed by atoms with Gasteiger partial charge in [-0.1, -0.05) is 0 Å². The standard InChI is InChI=1S/C8H15F2N3O2S/c9-7(10)3-13(16(11,14)15)6-1-8(2-6)4-12-5-8/h6-7,12H,1-5H2,(H2,11,14,15). The van der Waals surface area contributed by atoms with Crippen molar-refractivity contribution in [2.45, 2.75) is 25.3 Å². The minimum atomic E-state index is -4.02. The molecular weight excluding hydrogens is 240 g/mol. The normalized spacial score (nSPS) is 24.8. The zero-order valence-corrected chi connectivity index (χ0v) is 9.51. The molecule has 2 fully saturated rings. The molecule has 1 heterocycles. The molecule has 0 aromatic rings. The Morgan fingerprint density at radius 2 is 2.00 bits per heavy atom. The first kappa shape index (κ1) is 12.2. The summed E-state index contributed by atoms with van der Waals surface area (Å²) in [6.07, 6.45) is -1.43. The van der Waals surface area contributed by atoms with Crippen molar-refractivity contribution in [1.82, 2.24) is 9.62 Å². The summed E-state index contributed by atoms with van der Waals surface area (Å²) in [5, 5.41) is 8.03. The fourth-order valence-electron chi connectivity index (χ4n) is 2.51. The molecule has 2 rings (SSSR count). The monoisotopic (exact) mass is 255 g/mol. The number of hydrogen-bond donors (Lipinski definition) is 2. The van der Waals surface area contributed by atoms with Crippen LogP contribution in [0.3, 0.4) is 0 Å². The van der Waals surface area contributed by atoms with Crippen LogP contribution in [0.1, 0.15) is 12.8 Å². The number of halogens is 2. The second-order valence-electron chi connectivity index (χ2n) is 4.67. The van der Waals surface area contributed by atoms with Gasteiger partial charge in [0.1, 0.15) is 0 Å². The number of alkyl halides is 2. The van der Waals surface area contributed by atoms with Crippen molar-refractivity contribution in [2.24, 2.45) is 10.6 Å². The Bertz CT molecular complexity index is 361. The fraction of sp³-hybridized carbons (Fsp3) is 1.00. The fourth-order valence-corrected chi connectivity index (χ4v) is 3.39. The van der Waals surface area contributed by atoms with E-state index in [0.29, 0.717) is 12.8 Å². The predicted molar refractivity (Wildman–Crippen MR) is 54.1 cm³/mol. The van der Waals surface area contributed by atoms with Gasteiger partial charge in [0.05, 0.1) is 6.54 Å². The van der Waals surface area contributed by atoms with Gasteiger partial charge in [-0.3, -0.25) is 0 Å². The number of nitrogens with one attached hydrogen (secondary N) is 1. The first-order valence-electron chi connectivity index (χ1n) is 5.11. The molecule has 1 spiro atoms. The summed E-state index contributed by atoms with van der Waals surface area (Å²) < 4.78 is 47.6. The van der Waals surface area contributed by atoms with E-state index in [1.54, 1.807) is 0 Å². The van der Waals surface area contributed by atoms with Gasteiger partial charge in [0, 0.05) is 19.1 Å². The number of nitrogens with zero attached hydrogens (tertiary/aromatic N) is 1. The molecule has 1 aliphatic heterocycles. The van der Waals surface area contributed by atoms with Crippen LogP contribution in [0.5, 0.6) is 0 Å². The summed E-state index contributed by atoms with van der Waals surface area (Å²) in [7, 11) is -4.02. The molecule has 0 amide bonds. The van der Waals surface area contributed by atoms with Crippen LogP contribution < -0.4 is 10.5 Å². The van der Waals surface area contributed by atoms with Gasteiger partial charge in [-0.2, -0.15) is 12.7 Å². The third kappa shape index (κ3) is 2.20. The maximum absolute atomic E-state index is 12.3. The lowest BCUT2D eigenvalue weighted by atomic mass is 9.61. The van der Waals surface area contributed by atoms with Crippen molar-refractivity contribution in [2.75, 3.05) is 19.6 Å². The zero-order valence-electron chi connectivity index (χ0n) is 8.70. The third-order valence-corrected chi connectivity index (χ3v) is 4.49. The Morgan fingerprint density at radius 3 is 2.31 bits per heavy atom. The highest BCUT2D eigenvalue weighted by molar-refractivity contribution is 7.86. The molecule has 0 radical (unpaired) electrons. The molecule has 0 aromatic carbocycles. The average Bonchev–Trinajstić information content (AvgIpc) is 1.94. The highest BCUT2D eigenvalue weighted by Crippen LogP contribution is 2.46. The summed E-state index contributed by atoms with van der Waals surface area (Å²) in [5.74, 6) is 0. The number of nitrogens with two attached hydrogens (primary N) is 1. The lowest BCUT2D eigenvalue weighted by Crippen LogP contribution is -2.66. The molecule has 3 N–H and O–H groups in total. The van der Waals surface area contributed by atoms with E-state index in [1.165, 1.54) is 0 Å². The molecule has 5 nitrogen and oxygen atoms in total. The Morgan fingerprint density at radius 1 is 1.44 bits per heavy atom. The van der Waals surface area contributed by atoms with Crippen molar-refractivity contribution < 1.29 is 17.2 Å². The second-order valence-corrected chi connectivity index (χ2v) is 6.17. The van der Waals surface area contributed by atoms with Crippen LogP contribution in [0.4, 0.5) is 8.78 Å². The van der Waals surface area contributed by atoms with Crippen molar-refractivity contribution in [3.8, 4) is 0 Å². The van der Waals surface area contributed by atoms with E-state index in [2.05, 4.69) is 5.32 Å². The molecule has 0 aromatic heterocycles. The average molecular weight is 255 g/mol. The van der Waals surface area contributed by atoms with E-state index in [9.17, 15) is 17.2 Å². The quantitative estimate of drug-likeness (QED) is 0.711. The smallest absolute Gasteiger partial charge is 0.277 e. The molecule has 8 heteroatoms. The van der Waals surface area contributed by atoms with Crippen molar-refractivity contribution in [3.05, 3.63) is 0 Å². The van der Waals surface area contributed by atoms with Gasteiger partial charge in [-0.15, -0.1) is 0 Å². The van der Waals surface area contributed by atoms with Crippen molar-refractivity contribution in [1.29, 1.82) is 0 Å². The first-order chi connectivity index (χ1) is 7.32. The first-order valence-corrected chi connectivity index (χ1v) is 6.61. The zero-order chi connectivity index (χ0) is 12.0. The van der Waals surface area contributed by atoms with Crippen molar-refractivity contribution >= 4 is 10.2 Å². The molecule has 16 heavy (non-hydrogen) atoms. The van der Waals surface area contributed by atoms with E-state index in [0.717, 1.165) is 17.4 Å². The van der Waals surface area contributed by atoms with Gasteiger partial charge in [-0.25, -0.2) is 13.9 Å².